The lowest BCUT2D eigenvalue weighted by Gasteiger charge is -2.29. The van der Waals surface area contributed by atoms with Crippen molar-refractivity contribution < 1.29 is 4.39 Å². The zero-order valence-electron chi connectivity index (χ0n) is 12.8. The summed E-state index contributed by atoms with van der Waals surface area (Å²) in [5, 5.41) is 5.06. The van der Waals surface area contributed by atoms with Gasteiger partial charge in [0.1, 0.15) is 5.82 Å². The third-order valence-electron chi connectivity index (χ3n) is 4.36. The molecule has 0 bridgehead atoms. The minimum Gasteiger partial charge on any atom is -0.290 e. The lowest BCUT2D eigenvalue weighted by molar-refractivity contribution is 0.186. The maximum atomic E-state index is 14.1. The van der Waals surface area contributed by atoms with E-state index in [-0.39, 0.29) is 11.9 Å². The van der Waals surface area contributed by atoms with Crippen molar-refractivity contribution in [3.8, 4) is 0 Å². The van der Waals surface area contributed by atoms with Gasteiger partial charge in [-0.15, -0.1) is 0 Å². The predicted octanol–water partition coefficient (Wildman–Crippen LogP) is 4.33. The number of rotatable bonds is 3. The normalized spacial score (nSPS) is 20.0. The van der Waals surface area contributed by atoms with Gasteiger partial charge in [-0.1, -0.05) is 30.5 Å². The highest BCUT2D eigenvalue weighted by Gasteiger charge is 2.25. The summed E-state index contributed by atoms with van der Waals surface area (Å²) in [6.07, 6.45) is 6.56. The van der Waals surface area contributed by atoms with Gasteiger partial charge in [0.15, 0.2) is 0 Å². The maximum absolute atomic E-state index is 14.1. The Bertz CT molecular complexity index is 620. The molecule has 22 heavy (non-hydrogen) atoms. The third kappa shape index (κ3) is 3.33. The fourth-order valence-corrected chi connectivity index (χ4v) is 3.41. The summed E-state index contributed by atoms with van der Waals surface area (Å²) in [5.41, 5.74) is 1.66. The van der Waals surface area contributed by atoms with Crippen molar-refractivity contribution in [3.63, 3.8) is 0 Å². The second kappa shape index (κ2) is 6.80. The molecule has 3 rings (SSSR count). The molecule has 1 aromatic heterocycles. The van der Waals surface area contributed by atoms with Crippen LogP contribution in [0.5, 0.6) is 0 Å². The van der Waals surface area contributed by atoms with E-state index >= 15 is 0 Å². The molecular weight excluding hydrogens is 301 g/mol. The molecule has 2 heterocycles. The van der Waals surface area contributed by atoms with Crippen LogP contribution < -0.4 is 0 Å². The van der Waals surface area contributed by atoms with E-state index in [0.717, 1.165) is 25.1 Å². The maximum Gasteiger partial charge on any atom is 0.129 e. The molecule has 1 atom stereocenters. The smallest absolute Gasteiger partial charge is 0.129 e. The number of nitrogens with zero attached hydrogens (tertiary/aromatic N) is 3. The summed E-state index contributed by atoms with van der Waals surface area (Å²) in [5.74, 6) is -0.225. The molecule has 2 aromatic rings. The number of aromatic nitrogens is 2. The minimum absolute atomic E-state index is 0.225. The van der Waals surface area contributed by atoms with Gasteiger partial charge in [-0.05, 0) is 37.6 Å². The summed E-state index contributed by atoms with van der Waals surface area (Å²) in [6.45, 7) is 1.48. The minimum atomic E-state index is -0.225. The first-order valence-electron chi connectivity index (χ1n) is 7.81. The largest absolute Gasteiger partial charge is 0.290 e. The van der Waals surface area contributed by atoms with E-state index in [2.05, 4.69) is 16.1 Å². The van der Waals surface area contributed by atoms with E-state index in [0.29, 0.717) is 17.1 Å². The van der Waals surface area contributed by atoms with Gasteiger partial charge in [0, 0.05) is 30.4 Å². The first kappa shape index (κ1) is 15.5. The van der Waals surface area contributed by atoms with E-state index in [4.69, 9.17) is 11.6 Å². The highest BCUT2D eigenvalue weighted by molar-refractivity contribution is 6.31. The number of hydrogen-bond donors (Lipinski definition) is 0. The molecule has 1 aliphatic rings. The highest BCUT2D eigenvalue weighted by Crippen LogP contribution is 2.32. The monoisotopic (exact) mass is 321 g/mol. The van der Waals surface area contributed by atoms with E-state index < -0.39 is 0 Å². The number of benzene rings is 1. The molecule has 0 amide bonds. The van der Waals surface area contributed by atoms with Crippen LogP contribution in [-0.4, -0.2) is 21.2 Å². The van der Waals surface area contributed by atoms with Crippen molar-refractivity contribution in [2.45, 2.75) is 38.3 Å². The van der Waals surface area contributed by atoms with Gasteiger partial charge in [0.25, 0.3) is 0 Å². The molecule has 1 saturated heterocycles. The molecule has 0 aliphatic carbocycles. The lowest BCUT2D eigenvalue weighted by atomic mass is 10.1. The SMILES string of the molecule is Cn1ccc([C@@H]2CCCCCN2Cc2c(F)cccc2Cl)n1. The molecule has 0 saturated carbocycles. The molecule has 0 radical (unpaired) electrons. The Labute approximate surface area is 135 Å². The van der Waals surface area contributed by atoms with Crippen LogP contribution in [0.1, 0.15) is 43.0 Å². The highest BCUT2D eigenvalue weighted by atomic mass is 35.5. The van der Waals surface area contributed by atoms with Gasteiger partial charge in [0.2, 0.25) is 0 Å². The molecule has 1 aliphatic heterocycles. The first-order chi connectivity index (χ1) is 10.6. The van der Waals surface area contributed by atoms with Gasteiger partial charge in [-0.25, -0.2) is 4.39 Å². The Balaban J connectivity index is 1.87. The number of likely N-dealkylation sites (tertiary alicyclic amines) is 1. The van der Waals surface area contributed by atoms with Crippen LogP contribution in [0.2, 0.25) is 5.02 Å². The molecule has 0 N–H and O–H groups in total. The van der Waals surface area contributed by atoms with Crippen LogP contribution in [0, 0.1) is 5.82 Å². The first-order valence-corrected chi connectivity index (χ1v) is 8.19. The quantitative estimate of drug-likeness (QED) is 0.839. The van der Waals surface area contributed by atoms with Crippen LogP contribution in [0.25, 0.3) is 0 Å². The van der Waals surface area contributed by atoms with E-state index in [1.165, 1.54) is 18.9 Å². The molecular formula is C17H21ClFN3. The Kier molecular flexibility index (Phi) is 4.79. The van der Waals surface area contributed by atoms with E-state index in [1.54, 1.807) is 12.1 Å². The summed E-state index contributed by atoms with van der Waals surface area (Å²) < 4.78 is 15.9. The Morgan fingerprint density at radius 3 is 2.86 bits per heavy atom. The zero-order chi connectivity index (χ0) is 15.5. The number of halogens is 2. The molecule has 118 valence electrons. The second-order valence-electron chi connectivity index (χ2n) is 5.95. The third-order valence-corrected chi connectivity index (χ3v) is 4.72. The van der Waals surface area contributed by atoms with Crippen molar-refractivity contribution in [1.82, 2.24) is 14.7 Å². The number of hydrogen-bond acceptors (Lipinski definition) is 2. The van der Waals surface area contributed by atoms with E-state index in [1.807, 2.05) is 17.9 Å². The Hall–Kier alpha value is -1.39. The average Bonchev–Trinajstić information content (AvgIpc) is 2.79. The lowest BCUT2D eigenvalue weighted by Crippen LogP contribution is -2.29. The van der Waals surface area contributed by atoms with Crippen molar-refractivity contribution in [2.24, 2.45) is 7.05 Å². The molecule has 1 aromatic carbocycles. The predicted molar refractivity (Wildman–Crippen MR) is 86.2 cm³/mol. The molecule has 1 fully saturated rings. The van der Waals surface area contributed by atoms with E-state index in [9.17, 15) is 4.39 Å². The van der Waals surface area contributed by atoms with Gasteiger partial charge in [-0.3, -0.25) is 9.58 Å². The Morgan fingerprint density at radius 1 is 1.27 bits per heavy atom. The van der Waals surface area contributed by atoms with Crippen LogP contribution in [0.15, 0.2) is 30.5 Å². The van der Waals surface area contributed by atoms with Crippen LogP contribution >= 0.6 is 11.6 Å². The number of aryl methyl sites for hydroxylation is 1. The summed E-state index contributed by atoms with van der Waals surface area (Å²) in [6, 6.07) is 7.19. The molecule has 5 heteroatoms. The zero-order valence-corrected chi connectivity index (χ0v) is 13.6. The molecule has 3 nitrogen and oxygen atoms in total. The van der Waals surface area contributed by atoms with Gasteiger partial charge in [-0.2, -0.15) is 5.10 Å². The summed E-state index contributed by atoms with van der Waals surface area (Å²) in [4.78, 5) is 2.32. The molecule has 0 unspecified atom stereocenters. The van der Waals surface area contributed by atoms with Gasteiger partial charge < -0.3 is 0 Å². The fraction of sp³-hybridized carbons (Fsp3) is 0.471. The Morgan fingerprint density at radius 2 is 2.14 bits per heavy atom. The van der Waals surface area contributed by atoms with Crippen molar-refractivity contribution >= 4 is 11.6 Å². The van der Waals surface area contributed by atoms with Crippen LogP contribution in [0.3, 0.4) is 0 Å². The summed E-state index contributed by atoms with van der Waals surface area (Å²) in [7, 11) is 1.93. The topological polar surface area (TPSA) is 21.1 Å². The average molecular weight is 322 g/mol. The van der Waals surface area contributed by atoms with Gasteiger partial charge in [0.05, 0.1) is 11.7 Å². The second-order valence-corrected chi connectivity index (χ2v) is 6.36. The summed E-state index contributed by atoms with van der Waals surface area (Å²) >= 11 is 6.20. The fourth-order valence-electron chi connectivity index (χ4n) is 3.19. The molecule has 0 spiro atoms. The van der Waals surface area contributed by atoms with Crippen molar-refractivity contribution in [2.75, 3.05) is 6.54 Å². The standard InChI is InChI=1S/C17H21ClFN3/c1-21-11-9-16(20-21)17-8-3-2-4-10-22(17)12-13-14(18)6-5-7-15(13)19/h5-7,9,11,17H,2-4,8,10,12H2,1H3/t17-/m0/s1. The van der Waals surface area contributed by atoms with Gasteiger partial charge >= 0.3 is 0 Å². The van der Waals surface area contributed by atoms with Crippen molar-refractivity contribution in [3.05, 3.63) is 52.6 Å². The van der Waals surface area contributed by atoms with Crippen LogP contribution in [0.4, 0.5) is 4.39 Å². The van der Waals surface area contributed by atoms with Crippen molar-refractivity contribution in [1.29, 1.82) is 0 Å². The van der Waals surface area contributed by atoms with Crippen LogP contribution in [-0.2, 0) is 13.6 Å².